The van der Waals surface area contributed by atoms with E-state index in [2.05, 4.69) is 48.5 Å². The molecular weight excluding hydrogens is 216 g/mol. The second-order valence-electron chi connectivity index (χ2n) is 3.76. The number of hydrogen-bond acceptors (Lipinski definition) is 2. The van der Waals surface area contributed by atoms with E-state index in [-0.39, 0.29) is 6.10 Å². The summed E-state index contributed by atoms with van der Waals surface area (Å²) in [5.41, 5.74) is 2.51. The fourth-order valence-corrected chi connectivity index (χ4v) is 2.84. The molecule has 0 saturated carbocycles. The summed E-state index contributed by atoms with van der Waals surface area (Å²) in [5.74, 6) is 0.733. The normalized spacial score (nSPS) is 19.1. The van der Waals surface area contributed by atoms with Gasteiger partial charge in [0.05, 0.1) is 5.94 Å². The third-order valence-corrected chi connectivity index (χ3v) is 3.69. The Balaban J connectivity index is 2.05. The largest absolute Gasteiger partial charge is 0.358 e. The molecule has 0 unspecified atom stereocenters. The lowest BCUT2D eigenvalue weighted by Crippen LogP contribution is -2.11. The molecule has 1 atom stereocenters. The number of rotatable bonds is 1. The number of benzene rings is 2. The summed E-state index contributed by atoms with van der Waals surface area (Å²) in [6, 6.07) is 18.9. The van der Waals surface area contributed by atoms with E-state index >= 15 is 0 Å². The molecule has 1 nitrogen and oxygen atoms in total. The fraction of sp³-hybridized carbons (Fsp3) is 0.143. The summed E-state index contributed by atoms with van der Waals surface area (Å²) in [6.45, 7) is 0. The van der Waals surface area contributed by atoms with E-state index in [4.69, 9.17) is 4.74 Å². The number of ether oxygens (including phenoxy) is 1. The summed E-state index contributed by atoms with van der Waals surface area (Å²) in [7, 11) is 0. The van der Waals surface area contributed by atoms with Crippen molar-refractivity contribution in [1.82, 2.24) is 0 Å². The van der Waals surface area contributed by atoms with Gasteiger partial charge in [0.1, 0.15) is 6.10 Å². The van der Waals surface area contributed by atoms with Crippen LogP contribution in [0.2, 0.25) is 0 Å². The van der Waals surface area contributed by atoms with Crippen LogP contribution in [-0.2, 0) is 4.74 Å². The van der Waals surface area contributed by atoms with Crippen LogP contribution in [-0.4, -0.2) is 5.94 Å². The van der Waals surface area contributed by atoms with Crippen LogP contribution < -0.4 is 0 Å². The van der Waals surface area contributed by atoms with Crippen molar-refractivity contribution in [3.63, 3.8) is 0 Å². The summed E-state index contributed by atoms with van der Waals surface area (Å²) >= 11 is 1.76. The maximum atomic E-state index is 5.85. The SMILES string of the molecule is c1ccc([C@@H]2OCSc3ccccc32)cc1. The van der Waals surface area contributed by atoms with Crippen LogP contribution in [0.5, 0.6) is 0 Å². The first-order valence-corrected chi connectivity index (χ1v) is 6.32. The Bertz CT molecular complexity index is 481. The van der Waals surface area contributed by atoms with E-state index in [0.29, 0.717) is 0 Å². The summed E-state index contributed by atoms with van der Waals surface area (Å²) < 4.78 is 5.85. The Morgan fingerprint density at radius 2 is 1.69 bits per heavy atom. The molecule has 0 N–H and O–H groups in total. The molecule has 16 heavy (non-hydrogen) atoms. The number of hydrogen-bond donors (Lipinski definition) is 0. The molecule has 0 fully saturated rings. The van der Waals surface area contributed by atoms with Crippen LogP contribution in [0.1, 0.15) is 17.2 Å². The molecule has 80 valence electrons. The minimum atomic E-state index is 0.0960. The molecule has 2 heteroatoms. The quantitative estimate of drug-likeness (QED) is 0.733. The van der Waals surface area contributed by atoms with Gasteiger partial charge in [0, 0.05) is 4.90 Å². The molecule has 0 amide bonds. The zero-order valence-corrected chi connectivity index (χ0v) is 9.61. The minimum Gasteiger partial charge on any atom is -0.358 e. The Labute approximate surface area is 99.4 Å². The van der Waals surface area contributed by atoms with Crippen molar-refractivity contribution in [3.8, 4) is 0 Å². The molecule has 1 aliphatic heterocycles. The third kappa shape index (κ3) is 1.75. The highest BCUT2D eigenvalue weighted by atomic mass is 32.2. The summed E-state index contributed by atoms with van der Waals surface area (Å²) in [6.07, 6.45) is 0.0960. The Morgan fingerprint density at radius 3 is 2.56 bits per heavy atom. The molecule has 2 aromatic carbocycles. The lowest BCUT2D eigenvalue weighted by atomic mass is 10.0. The van der Waals surface area contributed by atoms with Crippen molar-refractivity contribution in [3.05, 3.63) is 65.7 Å². The maximum absolute atomic E-state index is 5.85. The first-order valence-electron chi connectivity index (χ1n) is 5.33. The van der Waals surface area contributed by atoms with Crippen molar-refractivity contribution in [2.24, 2.45) is 0 Å². The average molecular weight is 228 g/mol. The van der Waals surface area contributed by atoms with Crippen LogP contribution in [0.25, 0.3) is 0 Å². The Kier molecular flexibility index (Phi) is 2.68. The summed E-state index contributed by atoms with van der Waals surface area (Å²) in [5, 5.41) is 0. The van der Waals surface area contributed by atoms with Crippen molar-refractivity contribution in [2.45, 2.75) is 11.0 Å². The van der Waals surface area contributed by atoms with E-state index < -0.39 is 0 Å². The molecule has 0 bridgehead atoms. The fourth-order valence-electron chi connectivity index (χ4n) is 1.99. The van der Waals surface area contributed by atoms with Gasteiger partial charge in [-0.15, -0.1) is 0 Å². The predicted octanol–water partition coefficient (Wildman–Crippen LogP) is 3.86. The van der Waals surface area contributed by atoms with Gasteiger partial charge in [-0.05, 0) is 17.2 Å². The first kappa shape index (κ1) is 9.94. The molecule has 0 spiro atoms. The van der Waals surface area contributed by atoms with Gasteiger partial charge in [-0.3, -0.25) is 0 Å². The lowest BCUT2D eigenvalue weighted by molar-refractivity contribution is 0.115. The molecule has 0 aliphatic carbocycles. The molecule has 0 radical (unpaired) electrons. The third-order valence-electron chi connectivity index (χ3n) is 2.75. The Morgan fingerprint density at radius 1 is 0.938 bits per heavy atom. The first-order chi connectivity index (χ1) is 7.95. The monoisotopic (exact) mass is 228 g/mol. The molecule has 3 rings (SSSR count). The number of fused-ring (bicyclic) bond motifs is 1. The summed E-state index contributed by atoms with van der Waals surface area (Å²) in [4.78, 5) is 1.34. The van der Waals surface area contributed by atoms with Gasteiger partial charge in [0.2, 0.25) is 0 Å². The second kappa shape index (κ2) is 4.32. The van der Waals surface area contributed by atoms with Gasteiger partial charge in [-0.2, -0.15) is 0 Å². The van der Waals surface area contributed by atoms with Crippen LogP contribution in [0, 0.1) is 0 Å². The van der Waals surface area contributed by atoms with Gasteiger partial charge in [-0.25, -0.2) is 0 Å². The highest BCUT2D eigenvalue weighted by Crippen LogP contribution is 2.38. The molecule has 0 aromatic heterocycles. The van der Waals surface area contributed by atoms with Gasteiger partial charge in [0.15, 0.2) is 0 Å². The predicted molar refractivity (Wildman–Crippen MR) is 66.5 cm³/mol. The van der Waals surface area contributed by atoms with Crippen LogP contribution in [0.15, 0.2) is 59.5 Å². The van der Waals surface area contributed by atoms with Crippen molar-refractivity contribution >= 4 is 11.8 Å². The molecule has 0 saturated heterocycles. The smallest absolute Gasteiger partial charge is 0.110 e. The topological polar surface area (TPSA) is 9.23 Å². The number of thioether (sulfide) groups is 1. The average Bonchev–Trinajstić information content (AvgIpc) is 2.39. The lowest BCUT2D eigenvalue weighted by Gasteiger charge is -2.25. The van der Waals surface area contributed by atoms with Gasteiger partial charge < -0.3 is 4.74 Å². The second-order valence-corrected chi connectivity index (χ2v) is 4.72. The molecule has 1 aliphatic rings. The minimum absolute atomic E-state index is 0.0960. The van der Waals surface area contributed by atoms with Crippen LogP contribution >= 0.6 is 11.8 Å². The van der Waals surface area contributed by atoms with E-state index in [9.17, 15) is 0 Å². The molecule has 2 aromatic rings. The van der Waals surface area contributed by atoms with Crippen molar-refractivity contribution in [2.75, 3.05) is 5.94 Å². The van der Waals surface area contributed by atoms with E-state index in [1.54, 1.807) is 11.8 Å². The highest BCUT2D eigenvalue weighted by molar-refractivity contribution is 7.99. The van der Waals surface area contributed by atoms with Crippen molar-refractivity contribution < 1.29 is 4.74 Å². The van der Waals surface area contributed by atoms with Crippen molar-refractivity contribution in [1.29, 1.82) is 0 Å². The highest BCUT2D eigenvalue weighted by Gasteiger charge is 2.21. The van der Waals surface area contributed by atoms with E-state index in [0.717, 1.165) is 5.94 Å². The maximum Gasteiger partial charge on any atom is 0.110 e. The zero-order chi connectivity index (χ0) is 10.8. The van der Waals surface area contributed by atoms with Gasteiger partial charge in [-0.1, -0.05) is 60.3 Å². The standard InChI is InChI=1S/C14H12OS/c1-2-6-11(7-3-1)14-12-8-4-5-9-13(12)16-10-15-14/h1-9,14H,10H2/t14-/m0/s1. The Hall–Kier alpha value is -1.25. The van der Waals surface area contributed by atoms with E-state index in [1.807, 2.05) is 6.07 Å². The molecular formula is C14H12OS. The van der Waals surface area contributed by atoms with Gasteiger partial charge in [0.25, 0.3) is 0 Å². The van der Waals surface area contributed by atoms with Crippen LogP contribution in [0.4, 0.5) is 0 Å². The van der Waals surface area contributed by atoms with E-state index in [1.165, 1.54) is 16.0 Å². The van der Waals surface area contributed by atoms with Crippen LogP contribution in [0.3, 0.4) is 0 Å². The van der Waals surface area contributed by atoms with Gasteiger partial charge >= 0.3 is 0 Å². The molecule has 1 heterocycles. The zero-order valence-electron chi connectivity index (χ0n) is 8.80.